The SMILES string of the molecule is NCOC(=O)c1coc2c1c(C(c1ccncc1)N1CCNCC1)c(O)c1cc(F)c(F)cc12. The highest BCUT2D eigenvalue weighted by molar-refractivity contribution is 6.16. The van der Waals surface area contributed by atoms with Crippen LogP contribution in [0.25, 0.3) is 21.7 Å². The number of halogens is 2. The number of aromatic hydroxyl groups is 1. The Balaban J connectivity index is 1.89. The fraction of sp³-hybridized carbons (Fsp3) is 0.250. The van der Waals surface area contributed by atoms with Crippen molar-refractivity contribution in [2.45, 2.75) is 6.04 Å². The minimum Gasteiger partial charge on any atom is -0.507 e. The number of rotatable bonds is 5. The molecule has 0 bridgehead atoms. The van der Waals surface area contributed by atoms with E-state index in [9.17, 15) is 18.7 Å². The summed E-state index contributed by atoms with van der Waals surface area (Å²) in [7, 11) is 0. The first-order valence-electron chi connectivity index (χ1n) is 10.8. The Morgan fingerprint density at radius 2 is 1.88 bits per heavy atom. The monoisotopic (exact) mass is 468 g/mol. The zero-order valence-corrected chi connectivity index (χ0v) is 18.1. The second-order valence-corrected chi connectivity index (χ2v) is 8.00. The largest absolute Gasteiger partial charge is 0.507 e. The number of phenols is 1. The lowest BCUT2D eigenvalue weighted by atomic mass is 9.89. The topological polar surface area (TPSA) is 114 Å². The number of phenolic OH excluding ortho intramolecular Hbond substituents is 1. The van der Waals surface area contributed by atoms with E-state index in [1.807, 2.05) is 12.1 Å². The molecule has 2 aromatic carbocycles. The Morgan fingerprint density at radius 3 is 2.56 bits per heavy atom. The molecule has 4 aromatic rings. The molecule has 1 atom stereocenters. The van der Waals surface area contributed by atoms with Gasteiger partial charge >= 0.3 is 5.97 Å². The molecular weight excluding hydrogens is 446 g/mol. The van der Waals surface area contributed by atoms with Gasteiger partial charge in [0.2, 0.25) is 0 Å². The third kappa shape index (κ3) is 3.65. The average Bonchev–Trinajstić information content (AvgIpc) is 3.29. The lowest BCUT2D eigenvalue weighted by Crippen LogP contribution is -2.45. The van der Waals surface area contributed by atoms with Gasteiger partial charge in [0.1, 0.15) is 29.9 Å². The van der Waals surface area contributed by atoms with Crippen molar-refractivity contribution in [1.29, 1.82) is 0 Å². The third-order valence-electron chi connectivity index (χ3n) is 6.12. The molecule has 176 valence electrons. The maximum Gasteiger partial charge on any atom is 0.343 e. The standard InChI is InChI=1S/C24H22F2N4O4/c25-17-9-14-15(10-18(17)26)23-19(16(11-33-23)24(32)34-12-27)20(22(14)31)21(13-1-3-28-4-2-13)30-7-5-29-6-8-30/h1-4,9-11,21,29,31H,5-8,12,27H2. The summed E-state index contributed by atoms with van der Waals surface area (Å²) in [6, 6.07) is 4.97. The summed E-state index contributed by atoms with van der Waals surface area (Å²) >= 11 is 0. The predicted octanol–water partition coefficient (Wildman–Crippen LogP) is 3.03. The Bertz CT molecular complexity index is 1370. The highest BCUT2D eigenvalue weighted by Gasteiger charge is 2.33. The molecule has 10 heteroatoms. The Morgan fingerprint density at radius 1 is 1.21 bits per heavy atom. The van der Waals surface area contributed by atoms with E-state index in [1.165, 1.54) is 6.26 Å². The Labute approximate surface area is 192 Å². The van der Waals surface area contributed by atoms with Crippen LogP contribution in [0.1, 0.15) is 27.5 Å². The van der Waals surface area contributed by atoms with Gasteiger partial charge in [-0.05, 0) is 29.8 Å². The number of nitrogens with two attached hydrogens (primary N) is 1. The number of nitrogens with zero attached hydrogens (tertiary/aromatic N) is 2. The number of ether oxygens (including phenoxy) is 1. The molecule has 8 nitrogen and oxygen atoms in total. The van der Waals surface area contributed by atoms with E-state index >= 15 is 0 Å². The molecule has 1 unspecified atom stereocenters. The van der Waals surface area contributed by atoms with Crippen molar-refractivity contribution in [3.05, 3.63) is 71.2 Å². The van der Waals surface area contributed by atoms with E-state index in [2.05, 4.69) is 15.2 Å². The number of hydrogen-bond acceptors (Lipinski definition) is 8. The summed E-state index contributed by atoms with van der Waals surface area (Å²) in [5.41, 5.74) is 6.71. The smallest absolute Gasteiger partial charge is 0.343 e. The van der Waals surface area contributed by atoms with E-state index in [-0.39, 0.29) is 39.8 Å². The number of nitrogens with one attached hydrogen (secondary N) is 1. The quantitative estimate of drug-likeness (QED) is 0.303. The first kappa shape index (κ1) is 22.2. The van der Waals surface area contributed by atoms with E-state index in [0.717, 1.165) is 17.7 Å². The molecule has 0 saturated carbocycles. The molecule has 0 aliphatic carbocycles. The number of piperazine rings is 1. The summed E-state index contributed by atoms with van der Waals surface area (Å²) in [5.74, 6) is -3.23. The van der Waals surface area contributed by atoms with E-state index in [1.54, 1.807) is 12.4 Å². The van der Waals surface area contributed by atoms with Gasteiger partial charge in [0.15, 0.2) is 11.6 Å². The van der Waals surface area contributed by atoms with E-state index in [0.29, 0.717) is 31.7 Å². The highest BCUT2D eigenvalue weighted by Crippen LogP contribution is 2.46. The molecule has 1 fully saturated rings. The van der Waals surface area contributed by atoms with E-state index in [4.69, 9.17) is 14.9 Å². The lowest BCUT2D eigenvalue weighted by molar-refractivity contribution is 0.0516. The first-order valence-corrected chi connectivity index (χ1v) is 10.8. The number of furan rings is 1. The van der Waals surface area contributed by atoms with Crippen LogP contribution in [0.3, 0.4) is 0 Å². The first-order chi connectivity index (χ1) is 16.5. The normalized spacial score (nSPS) is 15.6. The van der Waals surface area contributed by atoms with Crippen molar-refractivity contribution in [2.24, 2.45) is 5.73 Å². The summed E-state index contributed by atoms with van der Waals surface area (Å²) in [4.78, 5) is 19.0. The zero-order chi connectivity index (χ0) is 23.8. The molecular formula is C24H22F2N4O4. The maximum atomic E-state index is 14.2. The molecule has 0 amide bonds. The van der Waals surface area contributed by atoms with Crippen LogP contribution in [0.5, 0.6) is 5.75 Å². The summed E-state index contributed by atoms with van der Waals surface area (Å²) < 4.78 is 39.1. The number of carbonyl (C=O) groups is 1. The van der Waals surface area contributed by atoms with Gasteiger partial charge in [0.25, 0.3) is 0 Å². The van der Waals surface area contributed by atoms with Crippen LogP contribution in [-0.4, -0.2) is 53.9 Å². The third-order valence-corrected chi connectivity index (χ3v) is 6.12. The van der Waals surface area contributed by atoms with Crippen molar-refractivity contribution in [1.82, 2.24) is 15.2 Å². The second kappa shape index (κ2) is 8.98. The molecule has 5 rings (SSSR count). The van der Waals surface area contributed by atoms with Crippen LogP contribution in [0.15, 0.2) is 47.3 Å². The van der Waals surface area contributed by atoms with Gasteiger partial charge in [-0.3, -0.25) is 15.6 Å². The van der Waals surface area contributed by atoms with Crippen LogP contribution in [-0.2, 0) is 4.74 Å². The number of hydrogen-bond donors (Lipinski definition) is 3. The van der Waals surface area contributed by atoms with Crippen molar-refractivity contribution in [3.8, 4) is 5.75 Å². The van der Waals surface area contributed by atoms with Crippen LogP contribution >= 0.6 is 0 Å². The molecule has 1 saturated heterocycles. The van der Waals surface area contributed by atoms with Gasteiger partial charge in [0, 0.05) is 60.3 Å². The Hall–Kier alpha value is -3.60. The van der Waals surface area contributed by atoms with Gasteiger partial charge in [-0.2, -0.15) is 0 Å². The average molecular weight is 468 g/mol. The van der Waals surface area contributed by atoms with Crippen molar-refractivity contribution in [2.75, 3.05) is 32.9 Å². The highest BCUT2D eigenvalue weighted by atomic mass is 19.2. The van der Waals surface area contributed by atoms with Gasteiger partial charge < -0.3 is 19.6 Å². The molecule has 2 aromatic heterocycles. The van der Waals surface area contributed by atoms with Gasteiger partial charge in [-0.1, -0.05) is 0 Å². The molecule has 0 radical (unpaired) electrons. The number of aromatic nitrogens is 1. The molecule has 34 heavy (non-hydrogen) atoms. The summed E-state index contributed by atoms with van der Waals surface area (Å²) in [6.45, 7) is 2.36. The summed E-state index contributed by atoms with van der Waals surface area (Å²) in [6.07, 6.45) is 4.45. The molecule has 0 spiro atoms. The van der Waals surface area contributed by atoms with E-state index < -0.39 is 23.6 Å². The van der Waals surface area contributed by atoms with Crippen LogP contribution < -0.4 is 11.1 Å². The van der Waals surface area contributed by atoms with Gasteiger partial charge in [-0.15, -0.1) is 0 Å². The number of pyridine rings is 1. The van der Waals surface area contributed by atoms with Crippen LogP contribution in [0.2, 0.25) is 0 Å². The second-order valence-electron chi connectivity index (χ2n) is 8.00. The number of benzene rings is 2. The summed E-state index contributed by atoms with van der Waals surface area (Å²) in [5, 5.41) is 15.3. The van der Waals surface area contributed by atoms with Crippen LogP contribution in [0, 0.1) is 11.6 Å². The molecule has 3 heterocycles. The van der Waals surface area contributed by atoms with Crippen molar-refractivity contribution >= 4 is 27.7 Å². The lowest BCUT2D eigenvalue weighted by Gasteiger charge is -2.36. The maximum absolute atomic E-state index is 14.2. The minimum absolute atomic E-state index is 0.0339. The zero-order valence-electron chi connectivity index (χ0n) is 18.1. The van der Waals surface area contributed by atoms with Crippen LogP contribution in [0.4, 0.5) is 8.78 Å². The minimum atomic E-state index is -1.11. The fourth-order valence-electron chi connectivity index (χ4n) is 4.63. The van der Waals surface area contributed by atoms with Crippen molar-refractivity contribution < 1.29 is 27.8 Å². The number of esters is 1. The number of fused-ring (bicyclic) bond motifs is 3. The molecule has 4 N–H and O–H groups in total. The van der Waals surface area contributed by atoms with Crippen molar-refractivity contribution in [3.63, 3.8) is 0 Å². The predicted molar refractivity (Wildman–Crippen MR) is 120 cm³/mol. The fourth-order valence-corrected chi connectivity index (χ4v) is 4.63. The Kier molecular flexibility index (Phi) is 5.86. The molecule has 1 aliphatic heterocycles. The number of carbonyl (C=O) groups excluding carboxylic acids is 1. The molecule has 1 aliphatic rings. The van der Waals surface area contributed by atoms with Gasteiger partial charge in [0.05, 0.1) is 6.04 Å². The van der Waals surface area contributed by atoms with Gasteiger partial charge in [-0.25, -0.2) is 13.6 Å².